The number of carbonyl (C=O) groups excluding carboxylic acids is 1. The van der Waals surface area contributed by atoms with Crippen LogP contribution in [0, 0.1) is 5.92 Å². The van der Waals surface area contributed by atoms with Crippen LogP contribution in [0.25, 0.3) is 0 Å². The smallest absolute Gasteiger partial charge is 0.246 e. The van der Waals surface area contributed by atoms with E-state index in [2.05, 4.69) is 28.2 Å². The molecule has 1 saturated carbocycles. The standard InChI is InChI=1S/C19H29N3O2/c1-15-12-22(13-16-6-4-5-10-20-16)11-9-18(15)21-19(23)14-24-17-7-2-3-8-17/h4-6,10,15,17-18H,2-3,7-9,11-14H2,1H3,(H,21,23)/t15-,18-/m1/s1. The van der Waals surface area contributed by atoms with E-state index in [0.29, 0.717) is 12.0 Å². The van der Waals surface area contributed by atoms with E-state index in [4.69, 9.17) is 4.74 Å². The first kappa shape index (κ1) is 17.4. The Hall–Kier alpha value is -1.46. The second-order valence-electron chi connectivity index (χ2n) is 7.21. The Morgan fingerprint density at radius 3 is 2.88 bits per heavy atom. The van der Waals surface area contributed by atoms with Crippen LogP contribution in [0.1, 0.15) is 44.7 Å². The van der Waals surface area contributed by atoms with Crippen molar-refractivity contribution in [2.24, 2.45) is 5.92 Å². The number of nitrogens with zero attached hydrogens (tertiary/aromatic N) is 2. The number of piperidine rings is 1. The van der Waals surface area contributed by atoms with E-state index in [9.17, 15) is 4.79 Å². The lowest BCUT2D eigenvalue weighted by molar-refractivity contribution is -0.129. The highest BCUT2D eigenvalue weighted by molar-refractivity contribution is 5.77. The third kappa shape index (κ3) is 5.02. The van der Waals surface area contributed by atoms with E-state index in [1.165, 1.54) is 12.8 Å². The van der Waals surface area contributed by atoms with Crippen LogP contribution in [0.2, 0.25) is 0 Å². The molecule has 1 aliphatic carbocycles. The summed E-state index contributed by atoms with van der Waals surface area (Å²) < 4.78 is 5.71. The number of pyridine rings is 1. The molecule has 5 heteroatoms. The first-order valence-corrected chi connectivity index (χ1v) is 9.24. The van der Waals surface area contributed by atoms with Crippen LogP contribution in [-0.4, -0.2) is 47.6 Å². The molecule has 2 fully saturated rings. The van der Waals surface area contributed by atoms with Gasteiger partial charge < -0.3 is 10.1 Å². The van der Waals surface area contributed by atoms with Gasteiger partial charge in [-0.25, -0.2) is 0 Å². The van der Waals surface area contributed by atoms with Gasteiger partial charge in [-0.05, 0) is 37.3 Å². The molecule has 0 radical (unpaired) electrons. The highest BCUT2D eigenvalue weighted by Crippen LogP contribution is 2.21. The number of hydrogen-bond acceptors (Lipinski definition) is 4. The monoisotopic (exact) mass is 331 g/mol. The summed E-state index contributed by atoms with van der Waals surface area (Å²) >= 11 is 0. The van der Waals surface area contributed by atoms with Gasteiger partial charge in [-0.1, -0.05) is 25.8 Å². The average molecular weight is 331 g/mol. The minimum Gasteiger partial charge on any atom is -0.368 e. The zero-order chi connectivity index (χ0) is 16.8. The molecule has 2 atom stereocenters. The van der Waals surface area contributed by atoms with Crippen molar-refractivity contribution in [2.75, 3.05) is 19.7 Å². The number of likely N-dealkylation sites (tertiary alicyclic amines) is 1. The van der Waals surface area contributed by atoms with E-state index >= 15 is 0 Å². The first-order valence-electron chi connectivity index (χ1n) is 9.24. The number of nitrogens with one attached hydrogen (secondary N) is 1. The normalized spacial score (nSPS) is 25.7. The lowest BCUT2D eigenvalue weighted by Gasteiger charge is -2.37. The molecule has 2 aliphatic rings. The fourth-order valence-corrected chi connectivity index (χ4v) is 3.81. The van der Waals surface area contributed by atoms with Crippen molar-refractivity contribution in [3.63, 3.8) is 0 Å². The second-order valence-corrected chi connectivity index (χ2v) is 7.21. The molecule has 132 valence electrons. The predicted octanol–water partition coefficient (Wildman–Crippen LogP) is 2.37. The van der Waals surface area contributed by atoms with E-state index < -0.39 is 0 Å². The lowest BCUT2D eigenvalue weighted by atomic mass is 9.93. The summed E-state index contributed by atoms with van der Waals surface area (Å²) in [5.74, 6) is 0.481. The van der Waals surface area contributed by atoms with E-state index in [0.717, 1.165) is 44.6 Å². The molecule has 0 aromatic carbocycles. The SMILES string of the molecule is C[C@@H]1CN(Cc2ccccn2)CC[C@H]1NC(=O)COC1CCCC1. The van der Waals surface area contributed by atoms with Crippen molar-refractivity contribution in [1.82, 2.24) is 15.2 Å². The highest BCUT2D eigenvalue weighted by atomic mass is 16.5. The Labute approximate surface area is 144 Å². The average Bonchev–Trinajstić information content (AvgIpc) is 3.10. The van der Waals surface area contributed by atoms with Crippen LogP contribution >= 0.6 is 0 Å². The fraction of sp³-hybridized carbons (Fsp3) is 0.684. The van der Waals surface area contributed by atoms with Gasteiger partial charge in [0.05, 0.1) is 11.8 Å². The molecule has 3 rings (SSSR count). The van der Waals surface area contributed by atoms with Crippen molar-refractivity contribution >= 4 is 5.91 Å². The van der Waals surface area contributed by atoms with Gasteiger partial charge in [0.2, 0.25) is 5.91 Å². The van der Waals surface area contributed by atoms with Gasteiger partial charge in [-0.15, -0.1) is 0 Å². The van der Waals surface area contributed by atoms with Gasteiger partial charge in [0.15, 0.2) is 0 Å². The first-order chi connectivity index (χ1) is 11.7. The Morgan fingerprint density at radius 2 is 2.17 bits per heavy atom. The van der Waals surface area contributed by atoms with Crippen LogP contribution in [0.15, 0.2) is 24.4 Å². The van der Waals surface area contributed by atoms with E-state index in [-0.39, 0.29) is 18.6 Å². The molecule has 1 N–H and O–H groups in total. The predicted molar refractivity (Wildman–Crippen MR) is 93.4 cm³/mol. The van der Waals surface area contributed by atoms with Gasteiger partial charge in [0.1, 0.15) is 6.61 Å². The molecule has 1 amide bonds. The Bertz CT molecular complexity index is 517. The highest BCUT2D eigenvalue weighted by Gasteiger charge is 2.27. The molecule has 0 spiro atoms. The van der Waals surface area contributed by atoms with Crippen molar-refractivity contribution in [3.8, 4) is 0 Å². The largest absolute Gasteiger partial charge is 0.368 e. The Balaban J connectivity index is 1.39. The van der Waals surface area contributed by atoms with Gasteiger partial charge in [0.25, 0.3) is 0 Å². The summed E-state index contributed by atoms with van der Waals surface area (Å²) in [7, 11) is 0. The maximum Gasteiger partial charge on any atom is 0.246 e. The fourth-order valence-electron chi connectivity index (χ4n) is 3.81. The zero-order valence-corrected chi connectivity index (χ0v) is 14.6. The number of hydrogen-bond donors (Lipinski definition) is 1. The van der Waals surface area contributed by atoms with Crippen LogP contribution in [-0.2, 0) is 16.1 Å². The van der Waals surface area contributed by atoms with Gasteiger partial charge in [-0.3, -0.25) is 14.7 Å². The van der Waals surface area contributed by atoms with Crippen molar-refractivity contribution in [1.29, 1.82) is 0 Å². The number of ether oxygens (including phenoxy) is 1. The maximum absolute atomic E-state index is 12.1. The van der Waals surface area contributed by atoms with Crippen LogP contribution < -0.4 is 5.32 Å². The number of amides is 1. The van der Waals surface area contributed by atoms with Gasteiger partial charge in [-0.2, -0.15) is 0 Å². The van der Waals surface area contributed by atoms with Gasteiger partial charge in [0, 0.05) is 31.9 Å². The Kier molecular flexibility index (Phi) is 6.21. The molecule has 24 heavy (non-hydrogen) atoms. The summed E-state index contributed by atoms with van der Waals surface area (Å²) in [6.07, 6.45) is 7.81. The summed E-state index contributed by atoms with van der Waals surface area (Å²) in [5.41, 5.74) is 1.11. The van der Waals surface area contributed by atoms with E-state index in [1.807, 2.05) is 18.3 Å². The summed E-state index contributed by atoms with van der Waals surface area (Å²) in [4.78, 5) is 18.9. The molecular weight excluding hydrogens is 302 g/mol. The quantitative estimate of drug-likeness (QED) is 0.869. The summed E-state index contributed by atoms with van der Waals surface area (Å²) in [6, 6.07) is 6.30. The van der Waals surface area contributed by atoms with Crippen LogP contribution in [0.3, 0.4) is 0 Å². The van der Waals surface area contributed by atoms with Gasteiger partial charge >= 0.3 is 0 Å². The lowest BCUT2D eigenvalue weighted by Crippen LogP contribution is -2.50. The van der Waals surface area contributed by atoms with Crippen LogP contribution in [0.4, 0.5) is 0 Å². The molecule has 1 aliphatic heterocycles. The van der Waals surface area contributed by atoms with Crippen molar-refractivity contribution in [3.05, 3.63) is 30.1 Å². The molecule has 0 unspecified atom stereocenters. The third-order valence-corrected chi connectivity index (χ3v) is 5.20. The molecule has 1 aromatic rings. The maximum atomic E-state index is 12.1. The molecule has 2 heterocycles. The van der Waals surface area contributed by atoms with E-state index in [1.54, 1.807) is 0 Å². The summed E-state index contributed by atoms with van der Waals surface area (Å²) in [6.45, 7) is 5.30. The number of aromatic nitrogens is 1. The molecule has 0 bridgehead atoms. The minimum absolute atomic E-state index is 0.0388. The topological polar surface area (TPSA) is 54.5 Å². The van der Waals surface area contributed by atoms with Crippen LogP contribution in [0.5, 0.6) is 0 Å². The molecule has 5 nitrogen and oxygen atoms in total. The minimum atomic E-state index is 0.0388. The molecule has 1 aromatic heterocycles. The zero-order valence-electron chi connectivity index (χ0n) is 14.6. The van der Waals surface area contributed by atoms with Crippen molar-refractivity contribution < 1.29 is 9.53 Å². The number of rotatable bonds is 6. The summed E-state index contributed by atoms with van der Waals surface area (Å²) in [5, 5.41) is 3.17. The molecular formula is C19H29N3O2. The third-order valence-electron chi connectivity index (χ3n) is 5.20. The Morgan fingerprint density at radius 1 is 1.33 bits per heavy atom. The number of carbonyl (C=O) groups is 1. The van der Waals surface area contributed by atoms with Crippen molar-refractivity contribution in [2.45, 2.75) is 57.7 Å². The second kappa shape index (κ2) is 8.58. The molecule has 1 saturated heterocycles.